The molecular formula is C13H18O2S. The quantitative estimate of drug-likeness (QED) is 0.755. The molecule has 88 valence electrons. The molecule has 0 amide bonds. The fourth-order valence-electron chi connectivity index (χ4n) is 1.52. The fraction of sp³-hybridized carbons (Fsp3) is 0.385. The Labute approximate surface area is 97.9 Å². The number of hydrogen-bond acceptors (Lipinski definition) is 2. The van der Waals surface area contributed by atoms with E-state index in [1.807, 2.05) is 25.1 Å². The SMILES string of the molecule is C/C=C\CC(C)c1ccc(S(C)(=O)=O)cc1. The fourth-order valence-corrected chi connectivity index (χ4v) is 2.15. The summed E-state index contributed by atoms with van der Waals surface area (Å²) in [4.78, 5) is 0.384. The van der Waals surface area contributed by atoms with Gasteiger partial charge in [-0.1, -0.05) is 31.2 Å². The van der Waals surface area contributed by atoms with Gasteiger partial charge < -0.3 is 0 Å². The van der Waals surface area contributed by atoms with Crippen molar-refractivity contribution in [1.82, 2.24) is 0 Å². The van der Waals surface area contributed by atoms with Gasteiger partial charge in [0.15, 0.2) is 9.84 Å². The number of rotatable bonds is 4. The summed E-state index contributed by atoms with van der Waals surface area (Å²) < 4.78 is 22.5. The van der Waals surface area contributed by atoms with Gasteiger partial charge in [0.05, 0.1) is 4.90 Å². The van der Waals surface area contributed by atoms with Crippen molar-refractivity contribution in [2.45, 2.75) is 31.1 Å². The molecule has 3 heteroatoms. The van der Waals surface area contributed by atoms with Gasteiger partial charge in [-0.05, 0) is 37.0 Å². The predicted molar refractivity (Wildman–Crippen MR) is 67.4 cm³/mol. The molecule has 0 N–H and O–H groups in total. The Morgan fingerprint density at radius 2 is 1.81 bits per heavy atom. The first-order chi connectivity index (χ1) is 7.45. The number of sulfone groups is 1. The van der Waals surface area contributed by atoms with Crippen LogP contribution in [0.4, 0.5) is 0 Å². The standard InChI is InChI=1S/C13H18O2S/c1-4-5-6-11(2)12-7-9-13(10-8-12)16(3,14)15/h4-5,7-11H,6H2,1-3H3/b5-4-. The molecule has 0 aliphatic carbocycles. The summed E-state index contributed by atoms with van der Waals surface area (Å²) in [5, 5.41) is 0. The monoisotopic (exact) mass is 238 g/mol. The summed E-state index contributed by atoms with van der Waals surface area (Å²) in [7, 11) is -3.08. The van der Waals surface area contributed by atoms with Gasteiger partial charge in [0.25, 0.3) is 0 Å². The van der Waals surface area contributed by atoms with Crippen LogP contribution in [0.15, 0.2) is 41.3 Å². The first kappa shape index (κ1) is 13.0. The highest BCUT2D eigenvalue weighted by molar-refractivity contribution is 7.90. The van der Waals surface area contributed by atoms with Crippen LogP contribution in [-0.4, -0.2) is 14.7 Å². The first-order valence-electron chi connectivity index (χ1n) is 5.36. The molecule has 0 aliphatic heterocycles. The molecule has 16 heavy (non-hydrogen) atoms. The summed E-state index contributed by atoms with van der Waals surface area (Å²) in [6.45, 7) is 4.13. The third-order valence-corrected chi connectivity index (χ3v) is 3.73. The summed E-state index contributed by atoms with van der Waals surface area (Å²) in [6, 6.07) is 7.14. The number of benzene rings is 1. The van der Waals surface area contributed by atoms with Crippen LogP contribution < -0.4 is 0 Å². The largest absolute Gasteiger partial charge is 0.224 e. The van der Waals surface area contributed by atoms with E-state index in [0.29, 0.717) is 10.8 Å². The molecule has 1 atom stereocenters. The third-order valence-electron chi connectivity index (χ3n) is 2.60. The molecule has 1 unspecified atom stereocenters. The molecule has 0 aromatic heterocycles. The minimum Gasteiger partial charge on any atom is -0.224 e. The summed E-state index contributed by atoms with van der Waals surface area (Å²) in [6.07, 6.45) is 6.36. The van der Waals surface area contributed by atoms with Crippen LogP contribution >= 0.6 is 0 Å². The van der Waals surface area contributed by atoms with Crippen molar-refractivity contribution < 1.29 is 8.42 Å². The molecule has 0 saturated carbocycles. The van der Waals surface area contributed by atoms with Gasteiger partial charge in [-0.3, -0.25) is 0 Å². The van der Waals surface area contributed by atoms with E-state index in [2.05, 4.69) is 13.0 Å². The van der Waals surface area contributed by atoms with E-state index in [1.165, 1.54) is 11.8 Å². The molecule has 0 bridgehead atoms. The minimum atomic E-state index is -3.08. The van der Waals surface area contributed by atoms with Gasteiger partial charge in [-0.15, -0.1) is 0 Å². The molecule has 0 radical (unpaired) electrons. The average molecular weight is 238 g/mol. The molecular weight excluding hydrogens is 220 g/mol. The molecule has 0 fully saturated rings. The maximum Gasteiger partial charge on any atom is 0.175 e. The maximum atomic E-state index is 11.3. The summed E-state index contributed by atoms with van der Waals surface area (Å²) in [5.74, 6) is 0.421. The van der Waals surface area contributed by atoms with Crippen molar-refractivity contribution in [1.29, 1.82) is 0 Å². The zero-order chi connectivity index (χ0) is 12.2. The van der Waals surface area contributed by atoms with E-state index in [0.717, 1.165) is 6.42 Å². The second-order valence-electron chi connectivity index (χ2n) is 4.05. The van der Waals surface area contributed by atoms with Gasteiger partial charge >= 0.3 is 0 Å². The Balaban J connectivity index is 2.87. The van der Waals surface area contributed by atoms with Gasteiger partial charge in [0, 0.05) is 6.26 Å². The topological polar surface area (TPSA) is 34.1 Å². The highest BCUT2D eigenvalue weighted by atomic mass is 32.2. The van der Waals surface area contributed by atoms with Crippen LogP contribution in [0.1, 0.15) is 31.7 Å². The van der Waals surface area contributed by atoms with Crippen molar-refractivity contribution in [2.75, 3.05) is 6.26 Å². The number of hydrogen-bond donors (Lipinski definition) is 0. The Kier molecular flexibility index (Phi) is 4.30. The second kappa shape index (κ2) is 5.30. The van der Waals surface area contributed by atoms with Crippen molar-refractivity contribution in [3.05, 3.63) is 42.0 Å². The lowest BCUT2D eigenvalue weighted by molar-refractivity contribution is 0.602. The van der Waals surface area contributed by atoms with E-state index in [1.54, 1.807) is 12.1 Å². The van der Waals surface area contributed by atoms with E-state index < -0.39 is 9.84 Å². The van der Waals surface area contributed by atoms with Crippen LogP contribution in [0.2, 0.25) is 0 Å². The van der Waals surface area contributed by atoms with Crippen LogP contribution in [-0.2, 0) is 9.84 Å². The van der Waals surface area contributed by atoms with E-state index in [9.17, 15) is 8.42 Å². The Bertz CT molecular complexity index is 455. The Morgan fingerprint density at radius 3 is 2.25 bits per heavy atom. The van der Waals surface area contributed by atoms with E-state index >= 15 is 0 Å². The number of allylic oxidation sites excluding steroid dienone is 2. The Morgan fingerprint density at radius 1 is 1.25 bits per heavy atom. The normalized spacial score (nSPS) is 14.2. The average Bonchev–Trinajstić information content (AvgIpc) is 2.25. The van der Waals surface area contributed by atoms with Crippen LogP contribution in [0.5, 0.6) is 0 Å². The zero-order valence-corrected chi connectivity index (χ0v) is 10.8. The smallest absolute Gasteiger partial charge is 0.175 e. The Hall–Kier alpha value is -1.09. The van der Waals surface area contributed by atoms with Gasteiger partial charge in [0.1, 0.15) is 0 Å². The molecule has 1 aromatic carbocycles. The van der Waals surface area contributed by atoms with Crippen molar-refractivity contribution in [3.63, 3.8) is 0 Å². The van der Waals surface area contributed by atoms with Crippen molar-refractivity contribution in [2.24, 2.45) is 0 Å². The van der Waals surface area contributed by atoms with Gasteiger partial charge in [0.2, 0.25) is 0 Å². The van der Waals surface area contributed by atoms with Gasteiger partial charge in [-0.2, -0.15) is 0 Å². The highest BCUT2D eigenvalue weighted by Gasteiger charge is 2.08. The van der Waals surface area contributed by atoms with Crippen molar-refractivity contribution in [3.8, 4) is 0 Å². The predicted octanol–water partition coefficient (Wildman–Crippen LogP) is 3.16. The lowest BCUT2D eigenvalue weighted by atomic mass is 9.98. The highest BCUT2D eigenvalue weighted by Crippen LogP contribution is 2.21. The molecule has 0 aliphatic rings. The third kappa shape index (κ3) is 3.49. The second-order valence-corrected chi connectivity index (χ2v) is 6.06. The molecule has 1 rings (SSSR count). The zero-order valence-electron chi connectivity index (χ0n) is 9.97. The first-order valence-corrected chi connectivity index (χ1v) is 7.25. The lowest BCUT2D eigenvalue weighted by Crippen LogP contribution is -1.98. The molecule has 0 saturated heterocycles. The van der Waals surface area contributed by atoms with Crippen LogP contribution in [0.25, 0.3) is 0 Å². The summed E-state index contributed by atoms with van der Waals surface area (Å²) >= 11 is 0. The molecule has 2 nitrogen and oxygen atoms in total. The van der Waals surface area contributed by atoms with E-state index in [-0.39, 0.29) is 0 Å². The van der Waals surface area contributed by atoms with E-state index in [4.69, 9.17) is 0 Å². The van der Waals surface area contributed by atoms with Crippen LogP contribution in [0.3, 0.4) is 0 Å². The van der Waals surface area contributed by atoms with Crippen LogP contribution in [0, 0.1) is 0 Å². The maximum absolute atomic E-state index is 11.3. The molecule has 0 heterocycles. The minimum absolute atomic E-state index is 0.384. The molecule has 1 aromatic rings. The summed E-state index contributed by atoms with van der Waals surface area (Å²) in [5.41, 5.74) is 1.17. The van der Waals surface area contributed by atoms with Gasteiger partial charge in [-0.25, -0.2) is 8.42 Å². The molecule has 0 spiro atoms. The van der Waals surface area contributed by atoms with Crippen molar-refractivity contribution >= 4 is 9.84 Å². The lowest BCUT2D eigenvalue weighted by Gasteiger charge is -2.09.